The molecule has 2 atom stereocenters. The molecule has 1 fully saturated rings. The zero-order valence-electron chi connectivity index (χ0n) is 9.19. The lowest BCUT2D eigenvalue weighted by atomic mass is 9.92. The lowest BCUT2D eigenvalue weighted by Crippen LogP contribution is -2.41. The van der Waals surface area contributed by atoms with Crippen LogP contribution in [-0.4, -0.2) is 27.0 Å². The number of aryl methyl sites for hydroxylation is 1. The van der Waals surface area contributed by atoms with Gasteiger partial charge in [0.05, 0.1) is 11.8 Å². The number of aliphatic hydroxyl groups excluding tert-OH is 1. The summed E-state index contributed by atoms with van der Waals surface area (Å²) in [4.78, 5) is 0. The molecule has 1 heterocycles. The molecule has 0 unspecified atom stereocenters. The molecule has 0 saturated heterocycles. The van der Waals surface area contributed by atoms with E-state index >= 15 is 0 Å². The summed E-state index contributed by atoms with van der Waals surface area (Å²) in [5.74, 6) is 0. The summed E-state index contributed by atoms with van der Waals surface area (Å²) in [6.07, 6.45) is 6.02. The summed E-state index contributed by atoms with van der Waals surface area (Å²) in [6, 6.07) is 2.26. The van der Waals surface area contributed by atoms with Crippen molar-refractivity contribution in [1.82, 2.24) is 15.1 Å². The van der Waals surface area contributed by atoms with E-state index in [1.54, 1.807) is 6.20 Å². The Morgan fingerprint density at radius 3 is 3.00 bits per heavy atom. The van der Waals surface area contributed by atoms with E-state index in [4.69, 9.17) is 0 Å². The van der Waals surface area contributed by atoms with Gasteiger partial charge in [0.25, 0.3) is 0 Å². The Morgan fingerprint density at radius 1 is 1.53 bits per heavy atom. The highest BCUT2D eigenvalue weighted by Crippen LogP contribution is 2.18. The monoisotopic (exact) mass is 209 g/mol. The number of nitrogens with one attached hydrogen (secondary N) is 1. The zero-order valence-corrected chi connectivity index (χ0v) is 9.19. The number of aliphatic hydroxyl groups is 1. The molecular weight excluding hydrogens is 190 g/mol. The van der Waals surface area contributed by atoms with E-state index in [9.17, 15) is 5.11 Å². The van der Waals surface area contributed by atoms with Crippen LogP contribution < -0.4 is 5.32 Å². The van der Waals surface area contributed by atoms with Gasteiger partial charge in [0, 0.05) is 25.8 Å². The molecule has 0 bridgehead atoms. The molecule has 1 saturated carbocycles. The van der Waals surface area contributed by atoms with E-state index in [2.05, 4.69) is 10.4 Å². The molecule has 0 spiro atoms. The van der Waals surface area contributed by atoms with Gasteiger partial charge < -0.3 is 10.4 Å². The summed E-state index contributed by atoms with van der Waals surface area (Å²) < 4.78 is 1.86. The molecule has 1 aliphatic carbocycles. The van der Waals surface area contributed by atoms with Gasteiger partial charge in [-0.1, -0.05) is 12.8 Å². The van der Waals surface area contributed by atoms with Crippen LogP contribution in [0.5, 0.6) is 0 Å². The first-order chi connectivity index (χ1) is 7.27. The van der Waals surface area contributed by atoms with Crippen molar-refractivity contribution in [3.8, 4) is 0 Å². The quantitative estimate of drug-likeness (QED) is 0.774. The number of rotatable bonds is 3. The second-order valence-corrected chi connectivity index (χ2v) is 4.29. The third-order valence-corrected chi connectivity index (χ3v) is 3.20. The predicted molar refractivity (Wildman–Crippen MR) is 58.3 cm³/mol. The highest BCUT2D eigenvalue weighted by Gasteiger charge is 2.22. The first-order valence-electron chi connectivity index (χ1n) is 5.65. The van der Waals surface area contributed by atoms with Gasteiger partial charge in [-0.25, -0.2) is 0 Å². The molecule has 1 aliphatic rings. The molecule has 4 nitrogen and oxygen atoms in total. The van der Waals surface area contributed by atoms with Crippen molar-refractivity contribution in [3.63, 3.8) is 0 Å². The van der Waals surface area contributed by atoms with Crippen LogP contribution in [0.2, 0.25) is 0 Å². The Morgan fingerprint density at radius 2 is 2.33 bits per heavy atom. The van der Waals surface area contributed by atoms with E-state index < -0.39 is 0 Å². The normalized spacial score (nSPS) is 26.8. The van der Waals surface area contributed by atoms with Crippen LogP contribution in [0, 0.1) is 0 Å². The average molecular weight is 209 g/mol. The van der Waals surface area contributed by atoms with Crippen molar-refractivity contribution in [2.75, 3.05) is 0 Å². The minimum atomic E-state index is -0.174. The van der Waals surface area contributed by atoms with Gasteiger partial charge in [-0.15, -0.1) is 0 Å². The van der Waals surface area contributed by atoms with Crippen LogP contribution in [0.25, 0.3) is 0 Å². The van der Waals surface area contributed by atoms with E-state index in [-0.39, 0.29) is 12.1 Å². The molecule has 1 aromatic rings. The third kappa shape index (κ3) is 2.58. The van der Waals surface area contributed by atoms with E-state index in [0.29, 0.717) is 0 Å². The minimum Gasteiger partial charge on any atom is -0.392 e. The summed E-state index contributed by atoms with van der Waals surface area (Å²) in [6.45, 7) is 0.790. The van der Waals surface area contributed by atoms with Crippen LogP contribution in [0.1, 0.15) is 31.4 Å². The van der Waals surface area contributed by atoms with Crippen molar-refractivity contribution in [2.45, 2.75) is 44.4 Å². The summed E-state index contributed by atoms with van der Waals surface area (Å²) in [5.41, 5.74) is 1.16. The molecule has 0 aromatic carbocycles. The molecule has 0 aliphatic heterocycles. The largest absolute Gasteiger partial charge is 0.392 e. The van der Waals surface area contributed by atoms with Gasteiger partial charge in [0.1, 0.15) is 0 Å². The number of hydrogen-bond acceptors (Lipinski definition) is 3. The molecule has 2 rings (SSSR count). The smallest absolute Gasteiger partial charge is 0.0693 e. The highest BCUT2D eigenvalue weighted by molar-refractivity contribution is 5.00. The molecule has 4 heteroatoms. The SMILES string of the molecule is Cn1nccc1CN[C@@H]1CCCC[C@H]1O. The fraction of sp³-hybridized carbons (Fsp3) is 0.727. The Labute approximate surface area is 90.3 Å². The maximum Gasteiger partial charge on any atom is 0.0693 e. The summed E-state index contributed by atoms with van der Waals surface area (Å²) >= 11 is 0. The van der Waals surface area contributed by atoms with Gasteiger partial charge in [-0.05, 0) is 18.9 Å². The molecule has 15 heavy (non-hydrogen) atoms. The minimum absolute atomic E-state index is 0.174. The Kier molecular flexibility index (Phi) is 3.38. The Bertz CT molecular complexity index is 311. The van der Waals surface area contributed by atoms with Gasteiger partial charge >= 0.3 is 0 Å². The zero-order chi connectivity index (χ0) is 10.7. The Balaban J connectivity index is 1.84. The fourth-order valence-electron chi connectivity index (χ4n) is 2.16. The topological polar surface area (TPSA) is 50.1 Å². The first-order valence-corrected chi connectivity index (χ1v) is 5.65. The Hall–Kier alpha value is -0.870. The van der Waals surface area contributed by atoms with Crippen molar-refractivity contribution < 1.29 is 5.11 Å². The predicted octanol–water partition coefficient (Wildman–Crippen LogP) is 0.813. The summed E-state index contributed by atoms with van der Waals surface area (Å²) in [7, 11) is 1.94. The van der Waals surface area contributed by atoms with Crippen molar-refractivity contribution in [2.24, 2.45) is 7.05 Å². The van der Waals surface area contributed by atoms with E-state index in [0.717, 1.165) is 31.5 Å². The molecule has 0 radical (unpaired) electrons. The van der Waals surface area contributed by atoms with Gasteiger partial charge in [-0.2, -0.15) is 5.10 Å². The van der Waals surface area contributed by atoms with Crippen LogP contribution in [-0.2, 0) is 13.6 Å². The number of nitrogens with zero attached hydrogens (tertiary/aromatic N) is 2. The van der Waals surface area contributed by atoms with Crippen molar-refractivity contribution in [1.29, 1.82) is 0 Å². The van der Waals surface area contributed by atoms with Crippen LogP contribution >= 0.6 is 0 Å². The molecule has 1 aromatic heterocycles. The maximum absolute atomic E-state index is 9.78. The first kappa shape index (κ1) is 10.6. The van der Waals surface area contributed by atoms with Crippen molar-refractivity contribution >= 4 is 0 Å². The van der Waals surface area contributed by atoms with E-state index in [1.807, 2.05) is 17.8 Å². The second-order valence-electron chi connectivity index (χ2n) is 4.29. The molecule has 84 valence electrons. The van der Waals surface area contributed by atoms with Crippen LogP contribution in [0.15, 0.2) is 12.3 Å². The molecule has 0 amide bonds. The van der Waals surface area contributed by atoms with Crippen LogP contribution in [0.3, 0.4) is 0 Å². The number of aromatic nitrogens is 2. The fourth-order valence-corrected chi connectivity index (χ4v) is 2.16. The molecule has 2 N–H and O–H groups in total. The summed E-state index contributed by atoms with van der Waals surface area (Å²) in [5, 5.41) is 17.3. The van der Waals surface area contributed by atoms with Gasteiger partial charge in [0.15, 0.2) is 0 Å². The van der Waals surface area contributed by atoms with Gasteiger partial charge in [-0.3, -0.25) is 4.68 Å². The van der Waals surface area contributed by atoms with Gasteiger partial charge in [0.2, 0.25) is 0 Å². The van der Waals surface area contributed by atoms with Crippen molar-refractivity contribution in [3.05, 3.63) is 18.0 Å². The maximum atomic E-state index is 9.78. The lowest BCUT2D eigenvalue weighted by molar-refractivity contribution is 0.0899. The van der Waals surface area contributed by atoms with E-state index in [1.165, 1.54) is 6.42 Å². The molecular formula is C11H19N3O. The average Bonchev–Trinajstić information content (AvgIpc) is 2.63. The number of hydrogen-bond donors (Lipinski definition) is 2. The highest BCUT2D eigenvalue weighted by atomic mass is 16.3. The third-order valence-electron chi connectivity index (χ3n) is 3.20. The lowest BCUT2D eigenvalue weighted by Gasteiger charge is -2.28. The van der Waals surface area contributed by atoms with Crippen LogP contribution in [0.4, 0.5) is 0 Å². The standard InChI is InChI=1S/C11H19N3O/c1-14-9(6-7-13-14)8-12-10-4-2-3-5-11(10)15/h6-7,10-12,15H,2-5,8H2,1H3/t10-,11-/m1/s1. The second kappa shape index (κ2) is 4.77.